The second-order valence-corrected chi connectivity index (χ2v) is 9.44. The smallest absolute Gasteiger partial charge is 0.338 e. The third-order valence-electron chi connectivity index (χ3n) is 6.23. The van der Waals surface area contributed by atoms with Crippen LogP contribution in [-0.2, 0) is 9.53 Å². The Hall–Kier alpha value is -4.11. The fourth-order valence-corrected chi connectivity index (χ4v) is 5.63. The molecule has 0 radical (unpaired) electrons. The molecule has 37 heavy (non-hydrogen) atoms. The van der Waals surface area contributed by atoms with Crippen LogP contribution in [0.4, 0.5) is 0 Å². The summed E-state index contributed by atoms with van der Waals surface area (Å²) in [5.41, 5.74) is 3.18. The maximum atomic E-state index is 13.9. The SMILES string of the molecule is CCOC(=O)C1=C(C)N=c2s/c(=C/c3c[nH]c4ccccc34)c(=O)n2[C@H]1c1ccc(OC)c(OCC)c1. The summed E-state index contributed by atoms with van der Waals surface area (Å²) in [5.74, 6) is 0.588. The van der Waals surface area contributed by atoms with E-state index in [0.717, 1.165) is 16.5 Å². The fraction of sp³-hybridized carbons (Fsp3) is 0.250. The molecule has 3 heterocycles. The minimum absolute atomic E-state index is 0.208. The summed E-state index contributed by atoms with van der Waals surface area (Å²) in [6, 6.07) is 12.6. The molecule has 0 fully saturated rings. The molecule has 5 rings (SSSR count). The molecule has 0 saturated heterocycles. The van der Waals surface area contributed by atoms with E-state index >= 15 is 0 Å². The number of aromatic amines is 1. The van der Waals surface area contributed by atoms with Crippen molar-refractivity contribution in [1.82, 2.24) is 9.55 Å². The van der Waals surface area contributed by atoms with Gasteiger partial charge in [0.05, 0.1) is 42.2 Å². The Balaban J connectivity index is 1.74. The normalized spacial score (nSPS) is 15.5. The number of H-pyrrole nitrogens is 1. The first kappa shape index (κ1) is 24.6. The van der Waals surface area contributed by atoms with Crippen LogP contribution in [0.15, 0.2) is 69.7 Å². The van der Waals surface area contributed by atoms with Gasteiger partial charge in [-0.1, -0.05) is 35.6 Å². The Bertz CT molecular complexity index is 1710. The standard InChI is InChI=1S/C28H27N3O5S/c1-5-35-22-13-17(11-12-21(22)34-4)25-24(27(33)36-6-2)16(3)30-28-31(25)26(32)23(37-28)14-18-15-29-20-10-8-7-9-19(18)20/h7-15,25,29H,5-6H2,1-4H3/b23-14+/t25-/m0/s1. The third-order valence-corrected chi connectivity index (χ3v) is 7.21. The first-order chi connectivity index (χ1) is 18.0. The highest BCUT2D eigenvalue weighted by molar-refractivity contribution is 7.07. The zero-order chi connectivity index (χ0) is 26.1. The highest BCUT2D eigenvalue weighted by atomic mass is 32.1. The van der Waals surface area contributed by atoms with Crippen molar-refractivity contribution in [2.24, 2.45) is 4.99 Å². The van der Waals surface area contributed by atoms with Crippen LogP contribution < -0.4 is 24.4 Å². The summed E-state index contributed by atoms with van der Waals surface area (Å²) in [7, 11) is 1.57. The summed E-state index contributed by atoms with van der Waals surface area (Å²) in [4.78, 5) is 35.4. The molecule has 1 atom stereocenters. The molecule has 4 aromatic rings. The lowest BCUT2D eigenvalue weighted by atomic mass is 9.95. The zero-order valence-electron chi connectivity index (χ0n) is 21.0. The van der Waals surface area contributed by atoms with Crippen LogP contribution in [0, 0.1) is 0 Å². The van der Waals surface area contributed by atoms with Gasteiger partial charge in [0.2, 0.25) is 0 Å². The molecule has 1 aliphatic heterocycles. The van der Waals surface area contributed by atoms with Gasteiger partial charge in [0.15, 0.2) is 16.3 Å². The van der Waals surface area contributed by atoms with Crippen molar-refractivity contribution in [2.75, 3.05) is 20.3 Å². The largest absolute Gasteiger partial charge is 0.493 e. The minimum atomic E-state index is -0.731. The number of carbonyl (C=O) groups excluding carboxylic acids is 1. The van der Waals surface area contributed by atoms with Crippen molar-refractivity contribution in [3.8, 4) is 11.5 Å². The van der Waals surface area contributed by atoms with Gasteiger partial charge in [-0.3, -0.25) is 9.36 Å². The molecule has 0 amide bonds. The van der Waals surface area contributed by atoms with Crippen LogP contribution in [-0.4, -0.2) is 35.8 Å². The van der Waals surface area contributed by atoms with E-state index in [-0.39, 0.29) is 12.2 Å². The fourth-order valence-electron chi connectivity index (χ4n) is 4.59. The summed E-state index contributed by atoms with van der Waals surface area (Å²) in [6.45, 7) is 6.05. The predicted octanol–water partition coefficient (Wildman–Crippen LogP) is 3.69. The van der Waals surface area contributed by atoms with Crippen molar-refractivity contribution >= 4 is 34.3 Å². The van der Waals surface area contributed by atoms with E-state index in [9.17, 15) is 9.59 Å². The van der Waals surface area contributed by atoms with E-state index in [1.54, 1.807) is 31.6 Å². The number of aromatic nitrogens is 2. The first-order valence-corrected chi connectivity index (χ1v) is 12.8. The maximum Gasteiger partial charge on any atom is 0.338 e. The molecule has 9 heteroatoms. The highest BCUT2D eigenvalue weighted by Gasteiger charge is 2.34. The van der Waals surface area contributed by atoms with Gasteiger partial charge in [-0.05, 0) is 50.6 Å². The van der Waals surface area contributed by atoms with Gasteiger partial charge >= 0.3 is 5.97 Å². The van der Waals surface area contributed by atoms with Crippen molar-refractivity contribution in [3.63, 3.8) is 0 Å². The van der Waals surface area contributed by atoms with Crippen molar-refractivity contribution in [1.29, 1.82) is 0 Å². The van der Waals surface area contributed by atoms with Crippen LogP contribution in [0.1, 0.15) is 37.9 Å². The van der Waals surface area contributed by atoms with Crippen molar-refractivity contribution < 1.29 is 19.0 Å². The lowest BCUT2D eigenvalue weighted by molar-refractivity contribution is -0.139. The molecule has 8 nitrogen and oxygen atoms in total. The van der Waals surface area contributed by atoms with Crippen molar-refractivity contribution in [2.45, 2.75) is 26.8 Å². The summed E-state index contributed by atoms with van der Waals surface area (Å²) >= 11 is 1.29. The van der Waals surface area contributed by atoms with Gasteiger partial charge in [0, 0.05) is 22.7 Å². The number of hydrogen-bond acceptors (Lipinski definition) is 7. The Labute approximate surface area is 217 Å². The molecule has 2 aromatic heterocycles. The van der Waals surface area contributed by atoms with Crippen molar-refractivity contribution in [3.05, 3.63) is 90.7 Å². The number of para-hydroxylation sites is 1. The van der Waals surface area contributed by atoms with Crippen LogP contribution in [0.25, 0.3) is 17.0 Å². The highest BCUT2D eigenvalue weighted by Crippen LogP contribution is 2.36. The van der Waals surface area contributed by atoms with Crippen LogP contribution in [0.3, 0.4) is 0 Å². The number of fused-ring (bicyclic) bond motifs is 2. The van der Waals surface area contributed by atoms with Gasteiger partial charge in [-0.25, -0.2) is 9.79 Å². The Morgan fingerprint density at radius 3 is 2.73 bits per heavy atom. The molecular formula is C28H27N3O5S. The quantitative estimate of drug-likeness (QED) is 0.378. The minimum Gasteiger partial charge on any atom is -0.493 e. The first-order valence-electron chi connectivity index (χ1n) is 12.0. The lowest BCUT2D eigenvalue weighted by Gasteiger charge is -2.25. The Morgan fingerprint density at radius 1 is 1.16 bits per heavy atom. The number of ether oxygens (including phenoxy) is 3. The number of thiazole rings is 1. The monoisotopic (exact) mass is 517 g/mol. The third kappa shape index (κ3) is 4.35. The second-order valence-electron chi connectivity index (χ2n) is 8.44. The topological polar surface area (TPSA) is 94.9 Å². The molecule has 1 N–H and O–H groups in total. The summed E-state index contributed by atoms with van der Waals surface area (Å²) in [5, 5.41) is 1.02. The number of benzene rings is 2. The number of esters is 1. The predicted molar refractivity (Wildman–Crippen MR) is 143 cm³/mol. The van der Waals surface area contributed by atoms with Crippen LogP contribution in [0.2, 0.25) is 0 Å². The summed E-state index contributed by atoms with van der Waals surface area (Å²) < 4.78 is 18.7. The molecule has 0 unspecified atom stereocenters. The van der Waals surface area contributed by atoms with Crippen LogP contribution >= 0.6 is 11.3 Å². The van der Waals surface area contributed by atoms with E-state index in [2.05, 4.69) is 9.98 Å². The molecule has 0 bridgehead atoms. The molecular weight excluding hydrogens is 490 g/mol. The van der Waals surface area contributed by atoms with Gasteiger partial charge in [-0.2, -0.15) is 0 Å². The van der Waals surface area contributed by atoms with Gasteiger partial charge < -0.3 is 19.2 Å². The zero-order valence-corrected chi connectivity index (χ0v) is 21.8. The number of rotatable bonds is 7. The number of carbonyl (C=O) groups is 1. The summed E-state index contributed by atoms with van der Waals surface area (Å²) in [6.07, 6.45) is 3.75. The van der Waals surface area contributed by atoms with Crippen LogP contribution in [0.5, 0.6) is 11.5 Å². The second kappa shape index (κ2) is 10.1. The van der Waals surface area contributed by atoms with Gasteiger partial charge in [0.1, 0.15) is 0 Å². The number of nitrogens with zero attached hydrogens (tertiary/aromatic N) is 2. The lowest BCUT2D eigenvalue weighted by Crippen LogP contribution is -2.40. The Morgan fingerprint density at radius 2 is 1.97 bits per heavy atom. The number of hydrogen-bond donors (Lipinski definition) is 1. The van der Waals surface area contributed by atoms with Gasteiger partial charge in [-0.15, -0.1) is 0 Å². The van der Waals surface area contributed by atoms with E-state index in [1.807, 2.05) is 55.6 Å². The van der Waals surface area contributed by atoms with E-state index in [4.69, 9.17) is 14.2 Å². The molecule has 2 aromatic carbocycles. The number of methoxy groups -OCH3 is 1. The molecule has 0 aliphatic carbocycles. The molecule has 0 saturated carbocycles. The average molecular weight is 518 g/mol. The maximum absolute atomic E-state index is 13.9. The number of nitrogens with one attached hydrogen (secondary N) is 1. The molecule has 0 spiro atoms. The number of allylic oxidation sites excluding steroid dienone is 1. The van der Waals surface area contributed by atoms with E-state index in [1.165, 1.54) is 11.3 Å². The molecule has 1 aliphatic rings. The van der Waals surface area contributed by atoms with E-state index in [0.29, 0.717) is 44.3 Å². The Kier molecular flexibility index (Phi) is 6.71. The molecule has 190 valence electrons. The van der Waals surface area contributed by atoms with Gasteiger partial charge in [0.25, 0.3) is 5.56 Å². The average Bonchev–Trinajstić information content (AvgIpc) is 3.44. The van der Waals surface area contributed by atoms with E-state index < -0.39 is 12.0 Å².